The zero-order valence-corrected chi connectivity index (χ0v) is 10.8. The van der Waals surface area contributed by atoms with Gasteiger partial charge in [0.15, 0.2) is 0 Å². The lowest BCUT2D eigenvalue weighted by atomic mass is 10.3. The Morgan fingerprint density at radius 1 is 1.44 bits per heavy atom. The molecule has 0 aromatic carbocycles. The van der Waals surface area contributed by atoms with E-state index in [2.05, 4.69) is 23.5 Å². The van der Waals surface area contributed by atoms with Gasteiger partial charge in [-0.2, -0.15) is 0 Å². The van der Waals surface area contributed by atoms with Crippen LogP contribution in [0.15, 0.2) is 49.8 Å². The van der Waals surface area contributed by atoms with Crippen molar-refractivity contribution in [2.45, 2.75) is 0 Å². The molecule has 0 atom stereocenters. The molecule has 0 spiro atoms. The Balaban J connectivity index is 2.65. The van der Waals surface area contributed by atoms with Crippen LogP contribution in [0.4, 0.5) is 4.79 Å². The first-order chi connectivity index (χ1) is 8.69. The summed E-state index contributed by atoms with van der Waals surface area (Å²) in [6.07, 6.45) is 6.55. The Hall–Kier alpha value is -2.01. The summed E-state index contributed by atoms with van der Waals surface area (Å²) in [7, 11) is 0. The van der Waals surface area contributed by atoms with E-state index >= 15 is 0 Å². The molecule has 0 saturated carbocycles. The average molecular weight is 261 g/mol. The number of nitrogens with one attached hydrogen (secondary N) is 1. The van der Waals surface area contributed by atoms with E-state index in [9.17, 15) is 4.79 Å². The van der Waals surface area contributed by atoms with E-state index in [1.807, 2.05) is 0 Å². The average Bonchev–Trinajstić information content (AvgIpc) is 2.39. The Morgan fingerprint density at radius 3 is 2.61 bits per heavy atom. The van der Waals surface area contributed by atoms with Gasteiger partial charge < -0.3 is 4.90 Å². The van der Waals surface area contributed by atoms with Gasteiger partial charge in [0, 0.05) is 31.0 Å². The molecule has 0 bridgehead atoms. The van der Waals surface area contributed by atoms with Gasteiger partial charge in [0.25, 0.3) is 0 Å². The second-order valence-corrected chi connectivity index (χ2v) is 3.89. The molecule has 0 aliphatic heterocycles. The number of hydrogen-bond acceptors (Lipinski definition) is 3. The second-order valence-electron chi connectivity index (χ2n) is 3.48. The predicted octanol–water partition coefficient (Wildman–Crippen LogP) is 2.14. The molecule has 5 heteroatoms. The molecule has 1 N–H and O–H groups in total. The zero-order chi connectivity index (χ0) is 13.4. The van der Waals surface area contributed by atoms with Crippen LogP contribution < -0.4 is 5.32 Å². The first-order valence-electron chi connectivity index (χ1n) is 5.41. The van der Waals surface area contributed by atoms with Crippen LogP contribution in [-0.2, 0) is 0 Å². The highest BCUT2D eigenvalue weighted by molar-refractivity contribution is 7.80. The second kappa shape index (κ2) is 7.34. The number of aromatic nitrogens is 1. The number of rotatable bonds is 5. The largest absolute Gasteiger partial charge is 0.323 e. The van der Waals surface area contributed by atoms with Crippen LogP contribution in [-0.4, -0.2) is 34.0 Å². The maximum absolute atomic E-state index is 11.9. The van der Waals surface area contributed by atoms with Crippen LogP contribution in [0.3, 0.4) is 0 Å². The highest BCUT2D eigenvalue weighted by Crippen LogP contribution is 1.98. The number of nitrogens with zero attached hydrogens (tertiary/aromatic N) is 2. The van der Waals surface area contributed by atoms with Crippen LogP contribution in [0.1, 0.15) is 5.56 Å². The fourth-order valence-electron chi connectivity index (χ4n) is 1.30. The smallest absolute Gasteiger partial charge is 0.317 e. The number of hydrogen-bond donors (Lipinski definition) is 1. The first-order valence-corrected chi connectivity index (χ1v) is 5.82. The molecule has 1 aromatic rings. The van der Waals surface area contributed by atoms with E-state index in [0.29, 0.717) is 23.6 Å². The lowest BCUT2D eigenvalue weighted by molar-refractivity contribution is 0.213. The van der Waals surface area contributed by atoms with Gasteiger partial charge in [-0.1, -0.05) is 24.4 Å². The van der Waals surface area contributed by atoms with Crippen LogP contribution in [0.2, 0.25) is 0 Å². The summed E-state index contributed by atoms with van der Waals surface area (Å²) in [4.78, 5) is 17.8. The summed E-state index contributed by atoms with van der Waals surface area (Å²) >= 11 is 5.13. The van der Waals surface area contributed by atoms with Gasteiger partial charge in [-0.25, -0.2) is 4.79 Å². The third-order valence-corrected chi connectivity index (χ3v) is 2.47. The Bertz CT molecular complexity index is 435. The van der Waals surface area contributed by atoms with E-state index in [-0.39, 0.29) is 6.03 Å². The van der Waals surface area contributed by atoms with Crippen LogP contribution in [0.5, 0.6) is 0 Å². The molecule has 4 nitrogen and oxygen atoms in total. The molecule has 0 fully saturated rings. The van der Waals surface area contributed by atoms with Crippen molar-refractivity contribution in [3.8, 4) is 0 Å². The normalized spacial score (nSPS) is 9.33. The first kappa shape index (κ1) is 14.1. The SMILES string of the molecule is C=CCN(CC=C)C(=O)NC(=S)c1cccnc1. The molecular weight excluding hydrogens is 246 g/mol. The zero-order valence-electron chi connectivity index (χ0n) is 10.0. The van der Waals surface area contributed by atoms with Crippen molar-refractivity contribution in [3.63, 3.8) is 0 Å². The van der Waals surface area contributed by atoms with E-state index in [1.165, 1.54) is 0 Å². The van der Waals surface area contributed by atoms with E-state index in [4.69, 9.17) is 12.2 Å². The molecule has 0 saturated heterocycles. The number of urea groups is 1. The fourth-order valence-corrected chi connectivity index (χ4v) is 1.51. The maximum atomic E-state index is 11.9. The summed E-state index contributed by atoms with van der Waals surface area (Å²) in [5.41, 5.74) is 0.706. The minimum Gasteiger partial charge on any atom is -0.317 e. The molecule has 1 heterocycles. The summed E-state index contributed by atoms with van der Waals surface area (Å²) < 4.78 is 0. The van der Waals surface area contributed by atoms with Gasteiger partial charge in [-0.15, -0.1) is 13.2 Å². The van der Waals surface area contributed by atoms with Crippen molar-refractivity contribution in [2.75, 3.05) is 13.1 Å². The fraction of sp³-hybridized carbons (Fsp3) is 0.154. The maximum Gasteiger partial charge on any atom is 0.323 e. The molecular formula is C13H15N3OS. The van der Waals surface area contributed by atoms with Crippen molar-refractivity contribution in [2.24, 2.45) is 0 Å². The number of carbonyl (C=O) groups is 1. The highest BCUT2D eigenvalue weighted by Gasteiger charge is 2.12. The third-order valence-electron chi connectivity index (χ3n) is 2.13. The lowest BCUT2D eigenvalue weighted by Crippen LogP contribution is -2.42. The van der Waals surface area contributed by atoms with E-state index in [1.54, 1.807) is 41.6 Å². The third kappa shape index (κ3) is 4.10. The molecule has 18 heavy (non-hydrogen) atoms. The summed E-state index contributed by atoms with van der Waals surface area (Å²) in [6, 6.07) is 3.28. The van der Waals surface area contributed by atoms with Gasteiger partial charge >= 0.3 is 6.03 Å². The quantitative estimate of drug-likeness (QED) is 0.652. The summed E-state index contributed by atoms with van der Waals surface area (Å²) in [5, 5.41) is 2.65. The van der Waals surface area contributed by atoms with Gasteiger partial charge in [-0.05, 0) is 12.1 Å². The Morgan fingerprint density at radius 2 is 2.11 bits per heavy atom. The number of carbonyl (C=O) groups excluding carboxylic acids is 1. The molecule has 1 rings (SSSR count). The van der Waals surface area contributed by atoms with E-state index in [0.717, 1.165) is 0 Å². The van der Waals surface area contributed by atoms with Crippen molar-refractivity contribution in [1.29, 1.82) is 0 Å². The molecule has 2 amide bonds. The predicted molar refractivity (Wildman–Crippen MR) is 76.4 cm³/mol. The molecule has 0 aliphatic carbocycles. The number of pyridine rings is 1. The molecule has 94 valence electrons. The standard InChI is InChI=1S/C13H15N3OS/c1-3-8-16(9-4-2)13(17)15-12(18)11-6-5-7-14-10-11/h3-7,10H,1-2,8-9H2,(H,15,17,18). The minimum absolute atomic E-state index is 0.274. The highest BCUT2D eigenvalue weighted by atomic mass is 32.1. The monoisotopic (exact) mass is 261 g/mol. The van der Waals surface area contributed by atoms with E-state index < -0.39 is 0 Å². The van der Waals surface area contributed by atoms with Gasteiger partial charge in [-0.3, -0.25) is 10.3 Å². The van der Waals surface area contributed by atoms with Gasteiger partial charge in [0.05, 0.1) is 0 Å². The van der Waals surface area contributed by atoms with Crippen LogP contribution in [0.25, 0.3) is 0 Å². The molecule has 0 radical (unpaired) electrons. The number of thiocarbonyl (C=S) groups is 1. The van der Waals surface area contributed by atoms with Crippen molar-refractivity contribution >= 4 is 23.2 Å². The summed E-state index contributed by atoms with van der Waals surface area (Å²) in [6.45, 7) is 8.08. The number of amides is 2. The van der Waals surface area contributed by atoms with Crippen LogP contribution in [0, 0.1) is 0 Å². The minimum atomic E-state index is -0.274. The molecule has 1 aromatic heterocycles. The lowest BCUT2D eigenvalue weighted by Gasteiger charge is -2.20. The topological polar surface area (TPSA) is 45.2 Å². The van der Waals surface area contributed by atoms with Crippen LogP contribution >= 0.6 is 12.2 Å². The van der Waals surface area contributed by atoms with Gasteiger partial charge in [0.2, 0.25) is 0 Å². The Labute approximate surface area is 112 Å². The molecule has 0 aliphatic rings. The van der Waals surface area contributed by atoms with Gasteiger partial charge in [0.1, 0.15) is 4.99 Å². The van der Waals surface area contributed by atoms with Crippen molar-refractivity contribution in [3.05, 3.63) is 55.4 Å². The van der Waals surface area contributed by atoms with Crippen molar-refractivity contribution in [1.82, 2.24) is 15.2 Å². The molecule has 0 unspecified atom stereocenters. The summed E-state index contributed by atoms with van der Waals surface area (Å²) in [5.74, 6) is 0. The Kier molecular flexibility index (Phi) is 5.73. The van der Waals surface area contributed by atoms with Crippen molar-refractivity contribution < 1.29 is 4.79 Å².